The summed E-state index contributed by atoms with van der Waals surface area (Å²) in [6, 6.07) is 11.9. The Balaban J connectivity index is 1.81. The monoisotopic (exact) mass is 360 g/mol. The van der Waals surface area contributed by atoms with E-state index in [2.05, 4.69) is 4.72 Å². The van der Waals surface area contributed by atoms with Gasteiger partial charge in [-0.05, 0) is 49.2 Å². The van der Waals surface area contributed by atoms with E-state index < -0.39 is 10.0 Å². The van der Waals surface area contributed by atoms with Gasteiger partial charge in [-0.25, -0.2) is 8.42 Å². The number of amides is 1. The van der Waals surface area contributed by atoms with Gasteiger partial charge in [-0.15, -0.1) is 0 Å². The molecule has 6 nitrogen and oxygen atoms in total. The van der Waals surface area contributed by atoms with Crippen LogP contribution in [0, 0.1) is 6.92 Å². The van der Waals surface area contributed by atoms with Crippen molar-refractivity contribution in [2.75, 3.05) is 29.9 Å². The average Bonchev–Trinajstić information content (AvgIpc) is 2.98. The van der Waals surface area contributed by atoms with Gasteiger partial charge < -0.3 is 9.64 Å². The van der Waals surface area contributed by atoms with E-state index in [9.17, 15) is 13.2 Å². The van der Waals surface area contributed by atoms with Crippen LogP contribution in [0.2, 0.25) is 0 Å². The van der Waals surface area contributed by atoms with E-state index in [1.54, 1.807) is 47.4 Å². The number of carbonyl (C=O) groups excluding carboxylic acids is 1. The summed E-state index contributed by atoms with van der Waals surface area (Å²) in [6.45, 7) is 2.51. The molecule has 7 heteroatoms. The molecule has 25 heavy (non-hydrogen) atoms. The highest BCUT2D eigenvalue weighted by Crippen LogP contribution is 2.31. The molecule has 0 saturated heterocycles. The molecule has 3 rings (SSSR count). The number of sulfonamides is 1. The second-order valence-electron chi connectivity index (χ2n) is 5.99. The van der Waals surface area contributed by atoms with E-state index in [0.29, 0.717) is 18.7 Å². The SMILES string of the molecule is COCC(=O)N1CCc2cc(NS(=O)(=O)c3ccc(C)cc3)ccc21. The maximum absolute atomic E-state index is 12.5. The van der Waals surface area contributed by atoms with Gasteiger partial charge in [-0.2, -0.15) is 0 Å². The van der Waals surface area contributed by atoms with Gasteiger partial charge in [-0.3, -0.25) is 9.52 Å². The van der Waals surface area contributed by atoms with Crippen molar-refractivity contribution in [2.45, 2.75) is 18.2 Å². The molecule has 2 aromatic rings. The van der Waals surface area contributed by atoms with Crippen molar-refractivity contribution < 1.29 is 17.9 Å². The fourth-order valence-corrected chi connectivity index (χ4v) is 3.91. The molecule has 0 aromatic heterocycles. The van der Waals surface area contributed by atoms with Crippen molar-refractivity contribution in [2.24, 2.45) is 0 Å². The summed E-state index contributed by atoms with van der Waals surface area (Å²) < 4.78 is 32.4. The van der Waals surface area contributed by atoms with Crippen molar-refractivity contribution >= 4 is 27.3 Å². The highest BCUT2D eigenvalue weighted by molar-refractivity contribution is 7.92. The molecule has 2 aromatic carbocycles. The molecular formula is C18H20N2O4S. The molecular weight excluding hydrogens is 340 g/mol. The van der Waals surface area contributed by atoms with E-state index in [-0.39, 0.29) is 17.4 Å². The Kier molecular flexibility index (Phi) is 4.78. The standard InChI is InChI=1S/C18H20N2O4S/c1-13-3-6-16(7-4-13)25(22,23)19-15-5-8-17-14(11-15)9-10-20(17)18(21)12-24-2/h3-8,11,19H,9-10,12H2,1-2H3. The van der Waals surface area contributed by atoms with E-state index in [1.165, 1.54) is 7.11 Å². The van der Waals surface area contributed by atoms with Crippen molar-refractivity contribution in [3.05, 3.63) is 53.6 Å². The fraction of sp³-hybridized carbons (Fsp3) is 0.278. The summed E-state index contributed by atoms with van der Waals surface area (Å²) in [6.07, 6.45) is 0.685. The number of fused-ring (bicyclic) bond motifs is 1. The average molecular weight is 360 g/mol. The molecule has 0 saturated carbocycles. The van der Waals surface area contributed by atoms with E-state index in [4.69, 9.17) is 4.74 Å². The Bertz CT molecular complexity index is 892. The van der Waals surface area contributed by atoms with Gasteiger partial charge >= 0.3 is 0 Å². The first-order valence-electron chi connectivity index (χ1n) is 7.92. The number of carbonyl (C=O) groups is 1. The molecule has 1 amide bonds. The van der Waals surface area contributed by atoms with Crippen LogP contribution in [0.5, 0.6) is 0 Å². The molecule has 0 radical (unpaired) electrons. The van der Waals surface area contributed by atoms with Crippen LogP contribution >= 0.6 is 0 Å². The maximum atomic E-state index is 12.5. The minimum Gasteiger partial charge on any atom is -0.375 e. The van der Waals surface area contributed by atoms with Crippen LogP contribution in [0.25, 0.3) is 0 Å². The summed E-state index contributed by atoms with van der Waals surface area (Å²) in [4.78, 5) is 13.9. The zero-order valence-electron chi connectivity index (χ0n) is 14.2. The number of hydrogen-bond acceptors (Lipinski definition) is 4. The molecule has 132 valence electrons. The molecule has 1 aliphatic heterocycles. The second-order valence-corrected chi connectivity index (χ2v) is 7.67. The van der Waals surface area contributed by atoms with E-state index in [1.807, 2.05) is 6.92 Å². The first kappa shape index (κ1) is 17.4. The molecule has 0 aliphatic carbocycles. The Hall–Kier alpha value is -2.38. The van der Waals surface area contributed by atoms with Crippen molar-refractivity contribution in [3.8, 4) is 0 Å². The topological polar surface area (TPSA) is 75.7 Å². The number of rotatable bonds is 5. The molecule has 0 atom stereocenters. The van der Waals surface area contributed by atoms with Crippen LogP contribution in [-0.2, 0) is 26.0 Å². The molecule has 1 heterocycles. The summed E-state index contributed by atoms with van der Waals surface area (Å²) >= 11 is 0. The van der Waals surface area contributed by atoms with Gasteiger partial charge in [0.15, 0.2) is 0 Å². The quantitative estimate of drug-likeness (QED) is 0.888. The second kappa shape index (κ2) is 6.85. The van der Waals surface area contributed by atoms with Crippen LogP contribution in [-0.4, -0.2) is 34.6 Å². The Morgan fingerprint density at radius 1 is 1.20 bits per heavy atom. The summed E-state index contributed by atoms with van der Waals surface area (Å²) in [5, 5.41) is 0. The highest BCUT2D eigenvalue weighted by Gasteiger charge is 2.25. The predicted octanol–water partition coefficient (Wildman–Crippen LogP) is 2.33. The van der Waals surface area contributed by atoms with Crippen LogP contribution in [0.4, 0.5) is 11.4 Å². The highest BCUT2D eigenvalue weighted by atomic mass is 32.2. The van der Waals surface area contributed by atoms with Crippen LogP contribution in [0.1, 0.15) is 11.1 Å². The first-order chi connectivity index (χ1) is 11.9. The van der Waals surface area contributed by atoms with Gasteiger partial charge in [0.05, 0.1) is 4.90 Å². The number of methoxy groups -OCH3 is 1. The van der Waals surface area contributed by atoms with Crippen molar-refractivity contribution in [1.29, 1.82) is 0 Å². The summed E-state index contributed by atoms with van der Waals surface area (Å²) in [5.74, 6) is -0.103. The first-order valence-corrected chi connectivity index (χ1v) is 9.41. The Morgan fingerprint density at radius 2 is 1.92 bits per heavy atom. The predicted molar refractivity (Wildman–Crippen MR) is 96.4 cm³/mol. The molecule has 1 aliphatic rings. The number of anilines is 2. The lowest BCUT2D eigenvalue weighted by Gasteiger charge is -2.17. The summed E-state index contributed by atoms with van der Waals surface area (Å²) in [5.41, 5.74) is 3.23. The normalized spacial score (nSPS) is 13.6. The lowest BCUT2D eigenvalue weighted by Crippen LogP contribution is -2.31. The molecule has 0 unspecified atom stereocenters. The lowest BCUT2D eigenvalue weighted by atomic mass is 10.1. The zero-order chi connectivity index (χ0) is 18.0. The minimum atomic E-state index is -3.64. The number of nitrogens with one attached hydrogen (secondary N) is 1. The number of benzene rings is 2. The smallest absolute Gasteiger partial charge is 0.261 e. The van der Waals surface area contributed by atoms with Crippen molar-refractivity contribution in [3.63, 3.8) is 0 Å². The maximum Gasteiger partial charge on any atom is 0.261 e. The van der Waals surface area contributed by atoms with E-state index >= 15 is 0 Å². The molecule has 0 fully saturated rings. The van der Waals surface area contributed by atoms with Crippen LogP contribution in [0.3, 0.4) is 0 Å². The molecule has 1 N–H and O–H groups in total. The third-order valence-electron chi connectivity index (χ3n) is 4.13. The third kappa shape index (κ3) is 3.67. The number of hydrogen-bond donors (Lipinski definition) is 1. The lowest BCUT2D eigenvalue weighted by molar-refractivity contribution is -0.122. The number of ether oxygens (including phenoxy) is 1. The zero-order valence-corrected chi connectivity index (χ0v) is 15.0. The number of aryl methyl sites for hydroxylation is 1. The van der Waals surface area contributed by atoms with Crippen LogP contribution < -0.4 is 9.62 Å². The van der Waals surface area contributed by atoms with Crippen LogP contribution in [0.15, 0.2) is 47.4 Å². The molecule has 0 spiro atoms. The summed E-state index contributed by atoms with van der Waals surface area (Å²) in [7, 11) is -2.15. The van der Waals surface area contributed by atoms with Gasteiger partial charge in [0, 0.05) is 25.0 Å². The fourth-order valence-electron chi connectivity index (χ4n) is 2.86. The van der Waals surface area contributed by atoms with Gasteiger partial charge in [0.1, 0.15) is 6.61 Å². The Morgan fingerprint density at radius 3 is 2.60 bits per heavy atom. The van der Waals surface area contributed by atoms with Crippen molar-refractivity contribution in [1.82, 2.24) is 0 Å². The Labute approximate surface area is 147 Å². The van der Waals surface area contributed by atoms with Gasteiger partial charge in [0.2, 0.25) is 0 Å². The minimum absolute atomic E-state index is 0.0290. The van der Waals surface area contributed by atoms with E-state index in [0.717, 1.165) is 16.8 Å². The largest absolute Gasteiger partial charge is 0.375 e. The van der Waals surface area contributed by atoms with Gasteiger partial charge in [-0.1, -0.05) is 17.7 Å². The van der Waals surface area contributed by atoms with Gasteiger partial charge in [0.25, 0.3) is 15.9 Å². The third-order valence-corrected chi connectivity index (χ3v) is 5.52. The number of nitrogens with zero attached hydrogens (tertiary/aromatic N) is 1. The molecule has 0 bridgehead atoms.